The van der Waals surface area contributed by atoms with Crippen molar-refractivity contribution < 1.29 is 9.90 Å². The van der Waals surface area contributed by atoms with E-state index in [1.165, 1.54) is 12.8 Å². The molecular weight excluding hydrogens is 240 g/mol. The Morgan fingerprint density at radius 1 is 1.05 bits per heavy atom. The fourth-order valence-electron chi connectivity index (χ4n) is 5.07. The molecule has 4 saturated heterocycles. The van der Waals surface area contributed by atoms with Crippen LogP contribution in [-0.2, 0) is 4.79 Å². The van der Waals surface area contributed by atoms with E-state index in [0.29, 0.717) is 29.8 Å². The zero-order chi connectivity index (χ0) is 13.0. The molecular formula is C15H24N2O2. The van der Waals surface area contributed by atoms with Gasteiger partial charge in [0.1, 0.15) is 0 Å². The van der Waals surface area contributed by atoms with Crippen molar-refractivity contribution in [3.05, 3.63) is 0 Å². The smallest absolute Gasteiger partial charge is 0.222 e. The van der Waals surface area contributed by atoms with Gasteiger partial charge in [0.2, 0.25) is 5.91 Å². The van der Waals surface area contributed by atoms with Gasteiger partial charge in [-0.2, -0.15) is 0 Å². The SMILES string of the molecule is O=C1CCC[C@H]2[C@@H]3C[C@H](CN12)[C@H]1C[C@H](O)CCN1C3. The lowest BCUT2D eigenvalue weighted by Crippen LogP contribution is -2.65. The Bertz CT molecular complexity index is 386. The van der Waals surface area contributed by atoms with Gasteiger partial charge < -0.3 is 10.0 Å². The van der Waals surface area contributed by atoms with E-state index in [2.05, 4.69) is 9.80 Å². The van der Waals surface area contributed by atoms with Gasteiger partial charge in [-0.05, 0) is 43.9 Å². The van der Waals surface area contributed by atoms with Crippen LogP contribution in [0.2, 0.25) is 0 Å². The van der Waals surface area contributed by atoms with Crippen molar-refractivity contribution in [2.45, 2.75) is 56.7 Å². The normalized spacial score (nSPS) is 46.7. The maximum atomic E-state index is 12.1. The molecule has 4 heteroatoms. The first-order valence-electron chi connectivity index (χ1n) is 7.94. The first-order valence-corrected chi connectivity index (χ1v) is 7.94. The summed E-state index contributed by atoms with van der Waals surface area (Å²) in [4.78, 5) is 17.0. The molecule has 0 unspecified atom stereocenters. The molecule has 2 bridgehead atoms. The number of nitrogens with zero attached hydrogens (tertiary/aromatic N) is 2. The van der Waals surface area contributed by atoms with Crippen LogP contribution in [0, 0.1) is 11.8 Å². The van der Waals surface area contributed by atoms with E-state index in [-0.39, 0.29) is 6.10 Å². The summed E-state index contributed by atoms with van der Waals surface area (Å²) < 4.78 is 0. The Morgan fingerprint density at radius 3 is 2.79 bits per heavy atom. The lowest BCUT2D eigenvalue weighted by atomic mass is 9.70. The molecule has 1 amide bonds. The van der Waals surface area contributed by atoms with Gasteiger partial charge in [-0.25, -0.2) is 0 Å². The second kappa shape index (κ2) is 4.45. The molecule has 4 aliphatic heterocycles. The lowest BCUT2D eigenvalue weighted by Gasteiger charge is -2.57. The van der Waals surface area contributed by atoms with E-state index in [1.807, 2.05) is 0 Å². The van der Waals surface area contributed by atoms with E-state index in [4.69, 9.17) is 0 Å². The fraction of sp³-hybridized carbons (Fsp3) is 0.933. The highest BCUT2D eigenvalue weighted by Crippen LogP contribution is 2.42. The minimum Gasteiger partial charge on any atom is -0.393 e. The number of fused-ring (bicyclic) bond motifs is 6. The predicted octanol–water partition coefficient (Wildman–Crippen LogP) is 0.843. The van der Waals surface area contributed by atoms with Crippen LogP contribution in [0.4, 0.5) is 0 Å². The molecule has 0 aromatic carbocycles. The molecule has 19 heavy (non-hydrogen) atoms. The van der Waals surface area contributed by atoms with Gasteiger partial charge in [0.15, 0.2) is 0 Å². The number of aliphatic hydroxyl groups excluding tert-OH is 1. The van der Waals surface area contributed by atoms with Crippen LogP contribution in [0.5, 0.6) is 0 Å². The maximum absolute atomic E-state index is 12.1. The van der Waals surface area contributed by atoms with Crippen LogP contribution in [-0.4, -0.2) is 58.6 Å². The number of carbonyl (C=O) groups excluding carboxylic acids is 1. The molecule has 0 saturated carbocycles. The zero-order valence-electron chi connectivity index (χ0n) is 11.5. The lowest BCUT2D eigenvalue weighted by molar-refractivity contribution is -0.150. The molecule has 106 valence electrons. The van der Waals surface area contributed by atoms with Crippen LogP contribution in [0.15, 0.2) is 0 Å². The van der Waals surface area contributed by atoms with Crippen molar-refractivity contribution in [3.63, 3.8) is 0 Å². The molecule has 0 aromatic rings. The van der Waals surface area contributed by atoms with Crippen molar-refractivity contribution in [1.82, 2.24) is 9.80 Å². The van der Waals surface area contributed by atoms with Gasteiger partial charge in [0.05, 0.1) is 6.10 Å². The van der Waals surface area contributed by atoms with Crippen LogP contribution in [0.25, 0.3) is 0 Å². The first-order chi connectivity index (χ1) is 9.22. The molecule has 0 spiro atoms. The molecule has 5 atom stereocenters. The molecule has 0 aromatic heterocycles. The predicted molar refractivity (Wildman–Crippen MR) is 71.6 cm³/mol. The highest BCUT2D eigenvalue weighted by atomic mass is 16.3. The summed E-state index contributed by atoms with van der Waals surface area (Å²) in [5.41, 5.74) is 0. The summed E-state index contributed by atoms with van der Waals surface area (Å²) in [5.74, 6) is 1.68. The third-order valence-corrected chi connectivity index (χ3v) is 5.94. The van der Waals surface area contributed by atoms with Crippen LogP contribution in [0.1, 0.15) is 38.5 Å². The molecule has 0 aliphatic carbocycles. The number of carbonyl (C=O) groups is 1. The van der Waals surface area contributed by atoms with E-state index >= 15 is 0 Å². The molecule has 4 heterocycles. The maximum Gasteiger partial charge on any atom is 0.222 e. The van der Waals surface area contributed by atoms with Crippen LogP contribution in [0.3, 0.4) is 0 Å². The first kappa shape index (κ1) is 12.2. The summed E-state index contributed by atoms with van der Waals surface area (Å²) in [6, 6.07) is 1.04. The van der Waals surface area contributed by atoms with Gasteiger partial charge >= 0.3 is 0 Å². The van der Waals surface area contributed by atoms with Gasteiger partial charge in [-0.3, -0.25) is 9.69 Å². The molecule has 4 rings (SSSR count). The minimum absolute atomic E-state index is 0.118. The number of amides is 1. The zero-order valence-corrected chi connectivity index (χ0v) is 11.5. The Labute approximate surface area is 114 Å². The summed E-state index contributed by atoms with van der Waals surface area (Å²) in [6.45, 7) is 3.16. The molecule has 4 aliphatic rings. The fourth-order valence-corrected chi connectivity index (χ4v) is 5.07. The summed E-state index contributed by atoms with van der Waals surface area (Å²) in [5, 5.41) is 9.92. The Balaban J connectivity index is 1.58. The average molecular weight is 264 g/mol. The summed E-state index contributed by atoms with van der Waals surface area (Å²) in [6.07, 6.45) is 6.07. The molecule has 0 radical (unpaired) electrons. The van der Waals surface area contributed by atoms with Crippen LogP contribution >= 0.6 is 0 Å². The second-order valence-electron chi connectivity index (χ2n) is 7.00. The minimum atomic E-state index is -0.118. The Morgan fingerprint density at radius 2 is 1.89 bits per heavy atom. The summed E-state index contributed by atoms with van der Waals surface area (Å²) >= 11 is 0. The van der Waals surface area contributed by atoms with Crippen molar-refractivity contribution in [2.24, 2.45) is 11.8 Å². The number of piperidine rings is 4. The van der Waals surface area contributed by atoms with E-state index in [0.717, 1.165) is 45.3 Å². The van der Waals surface area contributed by atoms with Crippen molar-refractivity contribution in [1.29, 1.82) is 0 Å². The van der Waals surface area contributed by atoms with Gasteiger partial charge in [-0.15, -0.1) is 0 Å². The van der Waals surface area contributed by atoms with Gasteiger partial charge in [0.25, 0.3) is 0 Å². The largest absolute Gasteiger partial charge is 0.393 e. The van der Waals surface area contributed by atoms with E-state index < -0.39 is 0 Å². The second-order valence-corrected chi connectivity index (χ2v) is 7.00. The van der Waals surface area contributed by atoms with Gasteiger partial charge in [-0.1, -0.05) is 0 Å². The summed E-state index contributed by atoms with van der Waals surface area (Å²) in [7, 11) is 0. The standard InChI is InChI=1S/C15H24N2O2/c18-12-4-5-16-8-10-6-11(14(16)7-12)9-17-13(10)2-1-3-15(17)19/h10-14,18H,1-9H2/t10-,11-,12-,13+,14-/m1/s1. The number of hydrogen-bond acceptors (Lipinski definition) is 3. The van der Waals surface area contributed by atoms with Crippen molar-refractivity contribution >= 4 is 5.91 Å². The number of aliphatic hydroxyl groups is 1. The topological polar surface area (TPSA) is 43.8 Å². The quantitative estimate of drug-likeness (QED) is 0.705. The number of rotatable bonds is 0. The monoisotopic (exact) mass is 264 g/mol. The Hall–Kier alpha value is -0.610. The third-order valence-electron chi connectivity index (χ3n) is 5.94. The van der Waals surface area contributed by atoms with Gasteiger partial charge in [0, 0.05) is 38.1 Å². The van der Waals surface area contributed by atoms with Crippen molar-refractivity contribution in [2.75, 3.05) is 19.6 Å². The average Bonchev–Trinajstić information content (AvgIpc) is 2.41. The third kappa shape index (κ3) is 1.91. The van der Waals surface area contributed by atoms with E-state index in [9.17, 15) is 9.90 Å². The molecule has 1 N–H and O–H groups in total. The molecule has 4 nitrogen and oxygen atoms in total. The number of hydrogen-bond donors (Lipinski definition) is 1. The highest BCUT2D eigenvalue weighted by Gasteiger charge is 2.48. The van der Waals surface area contributed by atoms with E-state index in [1.54, 1.807) is 0 Å². The van der Waals surface area contributed by atoms with Crippen LogP contribution < -0.4 is 0 Å². The van der Waals surface area contributed by atoms with Crippen molar-refractivity contribution in [3.8, 4) is 0 Å². The molecule has 4 fully saturated rings. The highest BCUT2D eigenvalue weighted by molar-refractivity contribution is 5.77. The Kier molecular flexibility index (Phi) is 2.85.